The first-order valence-electron chi connectivity index (χ1n) is 18.7. The Morgan fingerprint density at radius 2 is 1.61 bits per heavy atom. The number of aliphatic hydroxyl groups is 2. The molecule has 2 heterocycles. The number of aliphatic hydroxyl groups excluding tert-OH is 2. The number of carbonyl (C=O) groups is 5. The Hall–Kier alpha value is -4.99. The number of nitrogens with zero attached hydrogens (tertiary/aromatic N) is 1. The predicted octanol–water partition coefficient (Wildman–Crippen LogP) is 1.62. The van der Waals surface area contributed by atoms with Crippen LogP contribution in [0.3, 0.4) is 0 Å². The van der Waals surface area contributed by atoms with Crippen molar-refractivity contribution in [2.45, 2.75) is 120 Å². The Kier molecular flexibility index (Phi) is 15.4. The summed E-state index contributed by atoms with van der Waals surface area (Å²) in [5, 5.41) is 49.5. The monoisotopic (exact) mass is 750 g/mol. The maximum Gasteiger partial charge on any atom is 0.326 e. The number of aromatic hydroxyl groups is 1. The lowest BCUT2D eigenvalue weighted by atomic mass is 10.0. The number of rotatable bonds is 20. The van der Waals surface area contributed by atoms with Crippen LogP contribution >= 0.6 is 0 Å². The van der Waals surface area contributed by atoms with Gasteiger partial charge in [-0.3, -0.25) is 19.2 Å². The summed E-state index contributed by atoms with van der Waals surface area (Å²) in [5.41, 5.74) is 8.03. The summed E-state index contributed by atoms with van der Waals surface area (Å²) in [6, 6.07) is 9.10. The highest BCUT2D eigenvalue weighted by Crippen LogP contribution is 2.21. The van der Waals surface area contributed by atoms with Gasteiger partial charge in [-0.15, -0.1) is 0 Å². The van der Waals surface area contributed by atoms with Crippen molar-refractivity contribution in [2.75, 3.05) is 6.54 Å². The lowest BCUT2D eigenvalue weighted by Crippen LogP contribution is -2.60. The van der Waals surface area contributed by atoms with Crippen molar-refractivity contribution in [2.24, 2.45) is 5.73 Å². The number of benzene rings is 2. The van der Waals surface area contributed by atoms with Crippen LogP contribution in [0.1, 0.15) is 76.5 Å². The first-order valence-corrected chi connectivity index (χ1v) is 18.7. The van der Waals surface area contributed by atoms with Gasteiger partial charge in [0.2, 0.25) is 17.7 Å². The van der Waals surface area contributed by atoms with Gasteiger partial charge in [0, 0.05) is 36.6 Å². The summed E-state index contributed by atoms with van der Waals surface area (Å²) in [4.78, 5) is 71.1. The highest BCUT2D eigenvalue weighted by molar-refractivity contribution is 5.96. The predicted molar refractivity (Wildman–Crippen MR) is 201 cm³/mol. The fraction of sp³-hybridized carbons (Fsp3) is 0.513. The van der Waals surface area contributed by atoms with E-state index in [1.807, 2.05) is 24.3 Å². The van der Waals surface area contributed by atoms with Crippen LogP contribution in [0.5, 0.6) is 5.75 Å². The van der Waals surface area contributed by atoms with Crippen molar-refractivity contribution < 1.29 is 44.4 Å². The molecule has 4 amide bonds. The molecule has 294 valence electrons. The van der Waals surface area contributed by atoms with Gasteiger partial charge in [-0.25, -0.2) is 4.79 Å². The van der Waals surface area contributed by atoms with Gasteiger partial charge in [-0.1, -0.05) is 69.4 Å². The van der Waals surface area contributed by atoms with Gasteiger partial charge in [0.25, 0.3) is 5.91 Å². The van der Waals surface area contributed by atoms with Gasteiger partial charge in [-0.05, 0) is 61.4 Å². The van der Waals surface area contributed by atoms with Gasteiger partial charge in [0.05, 0.1) is 6.10 Å². The van der Waals surface area contributed by atoms with Crippen LogP contribution in [-0.4, -0.2) is 109 Å². The van der Waals surface area contributed by atoms with E-state index >= 15 is 0 Å². The number of phenolic OH excluding ortho intramolecular Hbond substituents is 1. The van der Waals surface area contributed by atoms with E-state index in [1.54, 1.807) is 18.2 Å². The number of amides is 4. The smallest absolute Gasteiger partial charge is 0.326 e. The molecular weight excluding hydrogens is 696 g/mol. The number of phenols is 1. The second-order valence-electron chi connectivity index (χ2n) is 14.1. The normalized spacial score (nSPS) is 17.6. The molecule has 15 heteroatoms. The van der Waals surface area contributed by atoms with Gasteiger partial charge in [-0.2, -0.15) is 0 Å². The fourth-order valence-electron chi connectivity index (χ4n) is 6.73. The number of H-pyrrole nitrogens is 1. The molecule has 10 N–H and O–H groups in total. The molecule has 2 aromatic carbocycles. The topological polar surface area (TPSA) is 247 Å². The minimum Gasteiger partial charge on any atom is -0.508 e. The molecule has 1 saturated heterocycles. The number of aromatic nitrogens is 1. The Labute approximate surface area is 314 Å². The number of carbonyl (C=O) groups excluding carboxylic acids is 4. The average molecular weight is 751 g/mol. The summed E-state index contributed by atoms with van der Waals surface area (Å²) in [6.45, 7) is 3.52. The number of hydrogen-bond acceptors (Lipinski definition) is 9. The number of aromatic amines is 1. The molecule has 4 rings (SSSR count). The lowest BCUT2D eigenvalue weighted by molar-refractivity contribution is -0.146. The molecule has 3 aromatic rings. The number of nitrogens with one attached hydrogen (secondary N) is 4. The third kappa shape index (κ3) is 11.5. The molecule has 7 atom stereocenters. The van der Waals surface area contributed by atoms with Crippen LogP contribution in [0, 0.1) is 0 Å². The lowest BCUT2D eigenvalue weighted by Gasteiger charge is -2.31. The van der Waals surface area contributed by atoms with Crippen molar-refractivity contribution in [3.63, 3.8) is 0 Å². The van der Waals surface area contributed by atoms with E-state index in [9.17, 15) is 44.4 Å². The molecular formula is C39H54N6O9. The number of para-hydroxylation sites is 1. The molecule has 1 aliphatic rings. The van der Waals surface area contributed by atoms with Gasteiger partial charge in [0.15, 0.2) is 0 Å². The third-order valence-electron chi connectivity index (χ3n) is 9.83. The van der Waals surface area contributed by atoms with Crippen LogP contribution in [0.25, 0.3) is 10.9 Å². The van der Waals surface area contributed by atoms with Crippen LogP contribution in [0.2, 0.25) is 0 Å². The standard InChI is InChI=1S/C39H54N6O9/c1-3-4-5-6-7-12-28(40)34(48)37(51)44-33(23(2)46)38(52)45-19-10-14-32(45)36(50)42-30(20-24-15-17-27(47)18-16-24)35(49)43-31(39(53)54)22-26-21-25-11-8-9-13-29(25)41-26/h8-9,11,13,15-18,21,23,28,30-34,41,46-48H,3-7,10,12,14,19-20,22,40H2,1-2H3,(H,42,50)(H,43,49)(H,44,51)(H,53,54)/t23-,28-,30-,31-,32+,33-,34+/m1/s1. The van der Waals surface area contributed by atoms with Gasteiger partial charge >= 0.3 is 5.97 Å². The van der Waals surface area contributed by atoms with E-state index < -0.39 is 72.0 Å². The summed E-state index contributed by atoms with van der Waals surface area (Å²) in [5.74, 6) is -4.43. The molecule has 0 bridgehead atoms. The molecule has 1 fully saturated rings. The van der Waals surface area contributed by atoms with Crippen molar-refractivity contribution in [1.82, 2.24) is 25.8 Å². The van der Waals surface area contributed by atoms with Crippen LogP contribution in [-0.2, 0) is 36.8 Å². The highest BCUT2D eigenvalue weighted by atomic mass is 16.4. The quantitative estimate of drug-likeness (QED) is 0.0756. The number of aliphatic carboxylic acids is 1. The molecule has 0 radical (unpaired) electrons. The van der Waals surface area contributed by atoms with Crippen molar-refractivity contribution in [3.05, 3.63) is 65.9 Å². The van der Waals surface area contributed by atoms with Crippen molar-refractivity contribution in [1.29, 1.82) is 0 Å². The molecule has 15 nitrogen and oxygen atoms in total. The summed E-state index contributed by atoms with van der Waals surface area (Å²) >= 11 is 0. The van der Waals surface area contributed by atoms with E-state index in [-0.39, 0.29) is 31.6 Å². The molecule has 0 unspecified atom stereocenters. The SMILES string of the molecule is CCCCCCC[C@@H](N)[C@H](O)C(=O)N[C@@H](C(=O)N1CCC[C@H]1C(=O)N[C@H](Cc1ccc(O)cc1)C(=O)N[C@H](Cc1cc2ccccc2[nH]1)C(=O)O)[C@@H](C)O. The van der Waals surface area contributed by atoms with Gasteiger partial charge < -0.3 is 52.0 Å². The molecule has 54 heavy (non-hydrogen) atoms. The van der Waals surface area contributed by atoms with E-state index in [1.165, 1.54) is 24.0 Å². The number of hydrogen-bond donors (Lipinski definition) is 9. The second kappa shape index (κ2) is 19.9. The number of fused-ring (bicyclic) bond motifs is 1. The van der Waals surface area contributed by atoms with E-state index in [4.69, 9.17) is 5.73 Å². The largest absolute Gasteiger partial charge is 0.508 e. The third-order valence-corrected chi connectivity index (χ3v) is 9.83. The number of likely N-dealkylation sites (tertiary alicyclic amines) is 1. The van der Waals surface area contributed by atoms with Crippen LogP contribution < -0.4 is 21.7 Å². The van der Waals surface area contributed by atoms with E-state index in [0.717, 1.165) is 43.0 Å². The number of carboxylic acids is 1. The minimum absolute atomic E-state index is 0.00941. The van der Waals surface area contributed by atoms with E-state index in [0.29, 0.717) is 24.1 Å². The van der Waals surface area contributed by atoms with Crippen LogP contribution in [0.4, 0.5) is 0 Å². The zero-order valence-corrected chi connectivity index (χ0v) is 30.9. The summed E-state index contributed by atoms with van der Waals surface area (Å²) in [7, 11) is 0. The Morgan fingerprint density at radius 1 is 0.907 bits per heavy atom. The Bertz CT molecular complexity index is 1700. The summed E-state index contributed by atoms with van der Waals surface area (Å²) in [6.07, 6.45) is 2.69. The Balaban J connectivity index is 1.46. The van der Waals surface area contributed by atoms with Gasteiger partial charge in [0.1, 0.15) is 36.0 Å². The van der Waals surface area contributed by atoms with Crippen molar-refractivity contribution >= 4 is 40.5 Å². The summed E-state index contributed by atoms with van der Waals surface area (Å²) < 4.78 is 0. The van der Waals surface area contributed by atoms with Crippen LogP contribution in [0.15, 0.2) is 54.6 Å². The van der Waals surface area contributed by atoms with E-state index in [2.05, 4.69) is 27.9 Å². The first-order chi connectivity index (χ1) is 25.8. The zero-order valence-electron chi connectivity index (χ0n) is 30.9. The number of unbranched alkanes of at least 4 members (excludes halogenated alkanes) is 4. The first kappa shape index (κ1) is 41.8. The molecule has 0 saturated carbocycles. The maximum absolute atomic E-state index is 13.9. The fourth-order valence-corrected chi connectivity index (χ4v) is 6.73. The number of carboxylic acid groups (broad SMARTS) is 1. The minimum atomic E-state index is -1.62. The molecule has 0 spiro atoms. The zero-order chi connectivity index (χ0) is 39.4. The molecule has 1 aromatic heterocycles. The highest BCUT2D eigenvalue weighted by Gasteiger charge is 2.41. The number of nitrogens with two attached hydrogens (primary N) is 1. The molecule has 0 aliphatic carbocycles. The van der Waals surface area contributed by atoms with Crippen molar-refractivity contribution in [3.8, 4) is 5.75 Å². The molecule has 1 aliphatic heterocycles. The maximum atomic E-state index is 13.9. The second-order valence-corrected chi connectivity index (χ2v) is 14.1. The Morgan fingerprint density at radius 3 is 2.28 bits per heavy atom. The average Bonchev–Trinajstić information content (AvgIpc) is 3.80.